The van der Waals surface area contributed by atoms with Crippen LogP contribution in [0, 0.1) is 21.4 Å². The maximum Gasteiger partial charge on any atom is 0.305 e. The third-order valence-electron chi connectivity index (χ3n) is 3.12. The maximum atomic E-state index is 10.7. The van der Waals surface area contributed by atoms with E-state index in [9.17, 15) is 10.1 Å². The van der Waals surface area contributed by atoms with Gasteiger partial charge in [0.15, 0.2) is 0 Å². The summed E-state index contributed by atoms with van der Waals surface area (Å²) in [5.41, 5.74) is -0.428. The second-order valence-corrected chi connectivity index (χ2v) is 4.45. The molecule has 2 rings (SSSR count). The van der Waals surface area contributed by atoms with Crippen molar-refractivity contribution in [3.8, 4) is 6.07 Å². The Morgan fingerprint density at radius 2 is 2.25 bits per heavy atom. The van der Waals surface area contributed by atoms with Crippen LogP contribution in [0.5, 0.6) is 0 Å². The van der Waals surface area contributed by atoms with E-state index in [0.29, 0.717) is 12.4 Å². The first-order chi connectivity index (χ1) is 9.70. The molecule has 0 spiro atoms. The fourth-order valence-electron chi connectivity index (χ4n) is 2.06. The molecule has 8 nitrogen and oxygen atoms in total. The second-order valence-electron chi connectivity index (χ2n) is 4.45. The number of anilines is 1. The number of nitrogens with one attached hydrogen (secondary N) is 2. The van der Waals surface area contributed by atoms with Crippen molar-refractivity contribution < 1.29 is 4.92 Å². The molecule has 1 saturated heterocycles. The molecule has 2 heterocycles. The molecule has 0 amide bonds. The molecule has 0 unspecified atom stereocenters. The Balaban J connectivity index is 1.90. The van der Waals surface area contributed by atoms with E-state index < -0.39 is 4.92 Å². The topological polar surface area (TPSA) is 107 Å². The van der Waals surface area contributed by atoms with Gasteiger partial charge in [-0.1, -0.05) is 0 Å². The Kier molecular flexibility index (Phi) is 4.81. The maximum absolute atomic E-state index is 10.7. The lowest BCUT2D eigenvalue weighted by Gasteiger charge is -2.27. The lowest BCUT2D eigenvalue weighted by Crippen LogP contribution is -2.45. The number of aromatic nitrogens is 1. The molecule has 20 heavy (non-hydrogen) atoms. The molecule has 0 aromatic carbocycles. The number of hydrogen-bond donors (Lipinski definition) is 2. The van der Waals surface area contributed by atoms with Gasteiger partial charge in [0.05, 0.1) is 4.92 Å². The highest BCUT2D eigenvalue weighted by atomic mass is 16.6. The summed E-state index contributed by atoms with van der Waals surface area (Å²) in [6, 6.07) is 4.57. The van der Waals surface area contributed by atoms with Gasteiger partial charge in [-0.15, -0.1) is 0 Å². The number of rotatable bonds is 5. The first-order valence-corrected chi connectivity index (χ1v) is 6.43. The Morgan fingerprint density at radius 3 is 2.90 bits per heavy atom. The number of piperazine rings is 1. The smallest absolute Gasteiger partial charge is 0.305 e. The van der Waals surface area contributed by atoms with Crippen LogP contribution in [0.25, 0.3) is 0 Å². The summed E-state index contributed by atoms with van der Waals surface area (Å²) >= 11 is 0. The molecule has 1 fully saturated rings. The van der Waals surface area contributed by atoms with E-state index in [1.165, 1.54) is 12.1 Å². The minimum absolute atomic E-state index is 0.165. The van der Waals surface area contributed by atoms with Crippen molar-refractivity contribution in [2.75, 3.05) is 44.6 Å². The quantitative estimate of drug-likeness (QED) is 0.583. The van der Waals surface area contributed by atoms with E-state index in [-0.39, 0.29) is 11.4 Å². The summed E-state index contributed by atoms with van der Waals surface area (Å²) < 4.78 is 0. The molecule has 106 valence electrons. The predicted octanol–water partition coefficient (Wildman–Crippen LogP) is 0.179. The third-order valence-corrected chi connectivity index (χ3v) is 3.12. The van der Waals surface area contributed by atoms with Crippen molar-refractivity contribution in [1.29, 1.82) is 5.26 Å². The average Bonchev–Trinajstić information content (AvgIpc) is 2.48. The van der Waals surface area contributed by atoms with Crippen molar-refractivity contribution in [3.05, 3.63) is 27.9 Å². The molecule has 2 N–H and O–H groups in total. The summed E-state index contributed by atoms with van der Waals surface area (Å²) in [5.74, 6) is 0.488. The van der Waals surface area contributed by atoms with Crippen LogP contribution >= 0.6 is 0 Å². The van der Waals surface area contributed by atoms with E-state index in [1.807, 2.05) is 0 Å². The molecule has 0 saturated carbocycles. The van der Waals surface area contributed by atoms with E-state index in [1.54, 1.807) is 6.07 Å². The average molecular weight is 276 g/mol. The normalized spacial score (nSPS) is 15.6. The molecule has 1 aliphatic rings. The zero-order chi connectivity index (χ0) is 14.4. The highest BCUT2D eigenvalue weighted by Gasteiger charge is 2.15. The minimum Gasteiger partial charge on any atom is -0.369 e. The van der Waals surface area contributed by atoms with Gasteiger partial charge in [0.2, 0.25) is 5.69 Å². The summed E-state index contributed by atoms with van der Waals surface area (Å²) in [6.07, 6.45) is 0. The predicted molar refractivity (Wildman–Crippen MR) is 73.4 cm³/mol. The van der Waals surface area contributed by atoms with Gasteiger partial charge in [-0.2, -0.15) is 5.26 Å². The summed E-state index contributed by atoms with van der Waals surface area (Å²) in [5, 5.41) is 25.9. The van der Waals surface area contributed by atoms with Gasteiger partial charge in [-0.25, -0.2) is 4.98 Å². The number of pyridine rings is 1. The van der Waals surface area contributed by atoms with Crippen LogP contribution in [0.15, 0.2) is 12.1 Å². The van der Waals surface area contributed by atoms with Gasteiger partial charge >= 0.3 is 5.69 Å². The molecule has 8 heteroatoms. The number of nitrogens with zero attached hydrogens (tertiary/aromatic N) is 4. The van der Waals surface area contributed by atoms with Crippen LogP contribution < -0.4 is 10.6 Å². The highest BCUT2D eigenvalue weighted by molar-refractivity contribution is 5.50. The SMILES string of the molecule is N#Cc1nc(NCCN2CCNCC2)ccc1[N+](=O)[O-]. The molecular weight excluding hydrogens is 260 g/mol. The Bertz CT molecular complexity index is 521. The molecule has 1 aromatic heterocycles. The lowest BCUT2D eigenvalue weighted by atomic mass is 10.3. The molecule has 0 radical (unpaired) electrons. The van der Waals surface area contributed by atoms with Crippen molar-refractivity contribution in [1.82, 2.24) is 15.2 Å². The standard InChI is InChI=1S/C12H16N6O2/c13-9-10-11(18(19)20)1-2-12(16-10)15-5-8-17-6-3-14-4-7-17/h1-2,14H,3-8H2,(H,15,16). The van der Waals surface area contributed by atoms with Crippen LogP contribution in [-0.2, 0) is 0 Å². The Morgan fingerprint density at radius 1 is 1.50 bits per heavy atom. The number of nitriles is 1. The van der Waals surface area contributed by atoms with Gasteiger partial charge in [0.25, 0.3) is 0 Å². The zero-order valence-corrected chi connectivity index (χ0v) is 11.0. The molecule has 0 aliphatic carbocycles. The van der Waals surface area contributed by atoms with E-state index in [0.717, 1.165) is 32.7 Å². The van der Waals surface area contributed by atoms with Crippen LogP contribution in [-0.4, -0.2) is 54.1 Å². The third kappa shape index (κ3) is 3.63. The van der Waals surface area contributed by atoms with Gasteiger partial charge in [-0.3, -0.25) is 15.0 Å². The number of nitro groups is 1. The minimum atomic E-state index is -0.601. The first kappa shape index (κ1) is 14.2. The first-order valence-electron chi connectivity index (χ1n) is 6.43. The van der Waals surface area contributed by atoms with Gasteiger partial charge in [-0.05, 0) is 6.07 Å². The van der Waals surface area contributed by atoms with Crippen LogP contribution in [0.4, 0.5) is 11.5 Å². The Labute approximate surface area is 116 Å². The van der Waals surface area contributed by atoms with E-state index in [2.05, 4.69) is 20.5 Å². The van der Waals surface area contributed by atoms with Crippen molar-refractivity contribution in [2.45, 2.75) is 0 Å². The fraction of sp³-hybridized carbons (Fsp3) is 0.500. The number of hydrogen-bond acceptors (Lipinski definition) is 7. The molecule has 0 atom stereocenters. The van der Waals surface area contributed by atoms with Gasteiger partial charge in [0, 0.05) is 45.3 Å². The van der Waals surface area contributed by atoms with Crippen molar-refractivity contribution in [3.63, 3.8) is 0 Å². The zero-order valence-electron chi connectivity index (χ0n) is 11.0. The van der Waals surface area contributed by atoms with E-state index >= 15 is 0 Å². The largest absolute Gasteiger partial charge is 0.369 e. The van der Waals surface area contributed by atoms with Gasteiger partial charge < -0.3 is 10.6 Å². The van der Waals surface area contributed by atoms with Crippen LogP contribution in [0.2, 0.25) is 0 Å². The summed E-state index contributed by atoms with van der Waals surface area (Å²) in [6.45, 7) is 5.58. The molecule has 0 bridgehead atoms. The monoisotopic (exact) mass is 276 g/mol. The molecular formula is C12H16N6O2. The second kappa shape index (κ2) is 6.79. The lowest BCUT2D eigenvalue weighted by molar-refractivity contribution is -0.385. The molecule has 1 aliphatic heterocycles. The molecule has 1 aromatic rings. The Hall–Kier alpha value is -2.24. The van der Waals surface area contributed by atoms with E-state index in [4.69, 9.17) is 5.26 Å². The summed E-state index contributed by atoms with van der Waals surface area (Å²) in [7, 11) is 0. The van der Waals surface area contributed by atoms with Gasteiger partial charge in [0.1, 0.15) is 11.9 Å². The van der Waals surface area contributed by atoms with Crippen LogP contribution in [0.3, 0.4) is 0 Å². The highest BCUT2D eigenvalue weighted by Crippen LogP contribution is 2.17. The summed E-state index contributed by atoms with van der Waals surface area (Å²) in [4.78, 5) is 16.4. The van der Waals surface area contributed by atoms with Crippen molar-refractivity contribution in [2.24, 2.45) is 0 Å². The fourth-order valence-corrected chi connectivity index (χ4v) is 2.06. The van der Waals surface area contributed by atoms with Crippen LogP contribution in [0.1, 0.15) is 5.69 Å². The van der Waals surface area contributed by atoms with Crippen molar-refractivity contribution >= 4 is 11.5 Å².